The van der Waals surface area contributed by atoms with Crippen LogP contribution in [0, 0.1) is 0 Å². The molecule has 340 valence electrons. The van der Waals surface area contributed by atoms with Gasteiger partial charge in [0.05, 0.1) is 11.0 Å². The molecule has 10 aromatic carbocycles. The fraction of sp³-hybridized carbons (Fsp3) is 0.0857. The molecule has 0 fully saturated rings. The Balaban J connectivity index is 0.796. The zero-order chi connectivity index (χ0) is 47.3. The highest BCUT2D eigenvalue weighted by atomic mass is 15.1. The summed E-state index contributed by atoms with van der Waals surface area (Å²) in [4.78, 5) is 2.47. The quantitative estimate of drug-likeness (QED) is 0.155. The maximum Gasteiger partial charge on any atom is 0.0619 e. The number of para-hydroxylation sites is 3. The molecule has 2 atom stereocenters. The molecule has 15 rings (SSSR count). The lowest BCUT2D eigenvalue weighted by atomic mass is 9.68. The summed E-state index contributed by atoms with van der Waals surface area (Å²) in [5, 5.41) is 2.52. The summed E-state index contributed by atoms with van der Waals surface area (Å²) in [5.74, 6) is 0.856. The molecule has 1 aromatic heterocycles. The molecule has 0 N–H and O–H groups in total. The molecule has 1 unspecified atom stereocenters. The minimum atomic E-state index is 0.348. The highest BCUT2D eigenvalue weighted by Gasteiger charge is 2.33. The van der Waals surface area contributed by atoms with Crippen LogP contribution in [0.2, 0.25) is 0 Å². The van der Waals surface area contributed by atoms with Crippen molar-refractivity contribution in [3.63, 3.8) is 0 Å². The molecular formula is C70H50N2. The number of fused-ring (bicyclic) bond motifs is 10. The fourth-order valence-corrected chi connectivity index (χ4v) is 13.1. The van der Waals surface area contributed by atoms with Crippen molar-refractivity contribution in [1.82, 2.24) is 4.57 Å². The topological polar surface area (TPSA) is 8.17 Å². The van der Waals surface area contributed by atoms with Crippen molar-refractivity contribution in [1.29, 1.82) is 0 Å². The summed E-state index contributed by atoms with van der Waals surface area (Å²) in [7, 11) is 0. The first-order valence-electron chi connectivity index (χ1n) is 25.7. The van der Waals surface area contributed by atoms with E-state index in [0.717, 1.165) is 37.1 Å². The van der Waals surface area contributed by atoms with Crippen LogP contribution in [0.4, 0.5) is 11.4 Å². The van der Waals surface area contributed by atoms with Crippen LogP contribution in [0.15, 0.2) is 248 Å². The lowest BCUT2D eigenvalue weighted by Gasteiger charge is -2.35. The second kappa shape index (κ2) is 16.4. The Kier molecular flexibility index (Phi) is 9.38. The third-order valence-corrected chi connectivity index (χ3v) is 16.3. The molecule has 0 radical (unpaired) electrons. The Labute approximate surface area is 421 Å². The lowest BCUT2D eigenvalue weighted by molar-refractivity contribution is 0.666. The maximum absolute atomic E-state index is 2.49. The Morgan fingerprint density at radius 3 is 1.92 bits per heavy atom. The highest BCUT2D eigenvalue weighted by Crippen LogP contribution is 2.53. The van der Waals surface area contributed by atoms with Gasteiger partial charge < -0.3 is 9.47 Å². The van der Waals surface area contributed by atoms with Crippen molar-refractivity contribution in [2.75, 3.05) is 4.90 Å². The monoisotopic (exact) mass is 918 g/mol. The Bertz CT molecular complexity index is 4040. The fourth-order valence-electron chi connectivity index (χ4n) is 13.1. The van der Waals surface area contributed by atoms with Crippen LogP contribution in [0.25, 0.3) is 83.1 Å². The molecule has 4 aliphatic rings. The van der Waals surface area contributed by atoms with Crippen molar-refractivity contribution >= 4 is 33.2 Å². The highest BCUT2D eigenvalue weighted by molar-refractivity contribution is 6.14. The van der Waals surface area contributed by atoms with E-state index in [1.54, 1.807) is 5.56 Å². The molecular weight excluding hydrogens is 869 g/mol. The van der Waals surface area contributed by atoms with E-state index in [4.69, 9.17) is 0 Å². The second-order valence-corrected chi connectivity index (χ2v) is 20.3. The predicted octanol–water partition coefficient (Wildman–Crippen LogP) is 18.0. The van der Waals surface area contributed by atoms with E-state index >= 15 is 0 Å². The molecule has 2 heteroatoms. The maximum atomic E-state index is 2.49. The van der Waals surface area contributed by atoms with Gasteiger partial charge in [0.1, 0.15) is 0 Å². The van der Waals surface area contributed by atoms with Gasteiger partial charge >= 0.3 is 0 Å². The number of anilines is 2. The van der Waals surface area contributed by atoms with Gasteiger partial charge in [-0.3, -0.25) is 0 Å². The second-order valence-electron chi connectivity index (χ2n) is 20.3. The van der Waals surface area contributed by atoms with Crippen LogP contribution >= 0.6 is 0 Å². The third kappa shape index (κ3) is 6.49. The third-order valence-electron chi connectivity index (χ3n) is 16.3. The summed E-state index contributed by atoms with van der Waals surface area (Å²) in [5.41, 5.74) is 29.1. The first-order valence-corrected chi connectivity index (χ1v) is 25.7. The van der Waals surface area contributed by atoms with E-state index in [1.807, 2.05) is 0 Å². The van der Waals surface area contributed by atoms with E-state index in [-0.39, 0.29) is 0 Å². The van der Waals surface area contributed by atoms with Crippen LogP contribution in [0.3, 0.4) is 0 Å². The smallest absolute Gasteiger partial charge is 0.0619 e. The van der Waals surface area contributed by atoms with Gasteiger partial charge in [-0.15, -0.1) is 0 Å². The Morgan fingerprint density at radius 1 is 0.431 bits per heavy atom. The number of aromatic nitrogens is 1. The van der Waals surface area contributed by atoms with Gasteiger partial charge in [-0.1, -0.05) is 194 Å². The van der Waals surface area contributed by atoms with Crippen LogP contribution < -0.4 is 4.90 Å². The minimum absolute atomic E-state index is 0.348. The average Bonchev–Trinajstić information content (AvgIpc) is 3.99. The molecule has 0 bridgehead atoms. The SMILES string of the molecule is C1=CC(c2ccccc2)CC=C1N(c1ccc(-c2cccc3c4ccccc4n(-c4ccccc4)c23)cc1)c1ccc2c(c1)Cc1cc(-c3cccc4c3-c3cccc5c3[C@@H](Cc3ccccc3-5)C4)ccc1-2. The number of hydrogen-bond donors (Lipinski definition) is 0. The first-order chi connectivity index (χ1) is 35.7. The molecule has 72 heavy (non-hydrogen) atoms. The molecule has 2 nitrogen and oxygen atoms in total. The van der Waals surface area contributed by atoms with Gasteiger partial charge in [0.25, 0.3) is 0 Å². The first kappa shape index (κ1) is 41.1. The van der Waals surface area contributed by atoms with Gasteiger partial charge in [0.15, 0.2) is 0 Å². The van der Waals surface area contributed by atoms with Crippen LogP contribution in [0.5, 0.6) is 0 Å². The van der Waals surface area contributed by atoms with Crippen LogP contribution in [0.1, 0.15) is 51.6 Å². The zero-order valence-corrected chi connectivity index (χ0v) is 40.0. The lowest BCUT2D eigenvalue weighted by Crippen LogP contribution is -2.19. The Morgan fingerprint density at radius 2 is 1.06 bits per heavy atom. The van der Waals surface area contributed by atoms with E-state index in [0.29, 0.717) is 11.8 Å². The summed E-state index contributed by atoms with van der Waals surface area (Å²) in [6.45, 7) is 0. The van der Waals surface area contributed by atoms with Crippen LogP contribution in [-0.4, -0.2) is 4.57 Å². The van der Waals surface area contributed by atoms with Crippen molar-refractivity contribution < 1.29 is 0 Å². The molecule has 0 aliphatic heterocycles. The number of benzene rings is 10. The molecule has 0 spiro atoms. The molecule has 0 saturated carbocycles. The van der Waals surface area contributed by atoms with Gasteiger partial charge in [-0.25, -0.2) is 0 Å². The minimum Gasteiger partial charge on any atom is -0.311 e. The van der Waals surface area contributed by atoms with Gasteiger partial charge in [-0.2, -0.15) is 0 Å². The normalized spacial score (nSPS) is 15.9. The van der Waals surface area contributed by atoms with E-state index in [1.165, 1.54) is 117 Å². The summed E-state index contributed by atoms with van der Waals surface area (Å²) >= 11 is 0. The number of allylic oxidation sites excluding steroid dienone is 3. The summed E-state index contributed by atoms with van der Waals surface area (Å²) in [6.07, 6.45) is 11.2. The predicted molar refractivity (Wildman–Crippen MR) is 301 cm³/mol. The van der Waals surface area contributed by atoms with Gasteiger partial charge in [0.2, 0.25) is 0 Å². The van der Waals surface area contributed by atoms with E-state index in [9.17, 15) is 0 Å². The summed E-state index contributed by atoms with van der Waals surface area (Å²) < 4.78 is 2.43. The molecule has 0 saturated heterocycles. The number of hydrogen-bond acceptors (Lipinski definition) is 1. The van der Waals surface area contributed by atoms with Crippen molar-refractivity contribution in [3.05, 3.63) is 282 Å². The molecule has 0 amide bonds. The van der Waals surface area contributed by atoms with E-state index < -0.39 is 0 Å². The van der Waals surface area contributed by atoms with Crippen molar-refractivity contribution in [3.8, 4) is 61.3 Å². The molecule has 4 aliphatic carbocycles. The van der Waals surface area contributed by atoms with E-state index in [2.05, 4.69) is 252 Å². The summed E-state index contributed by atoms with van der Waals surface area (Å²) in [6, 6.07) is 84.0. The standard InChI is InChI=1S/C70H50N2/c1-3-14-45(15-4-1)46-28-33-55(34-29-46)71(56-35-30-47(31-36-56)62-23-12-25-65-63-21-9-10-27-67(63)72(70(62)65)54-18-5-2-6-19-54)57-37-39-60-52(44-57)43-51-40-49(32-38-59(51)60)61-22-11-17-50-42-53-41-48-16-7-8-20-58(48)64-24-13-26-66(68(50)61)69(53)64/h1-28,30-40,44,46,53H,29,41-43H2/t46?,53-/m0/s1. The van der Waals surface area contributed by atoms with Crippen LogP contribution in [-0.2, 0) is 19.3 Å². The number of nitrogens with zero attached hydrogens (tertiary/aromatic N) is 2. The average molecular weight is 919 g/mol. The number of rotatable bonds is 7. The van der Waals surface area contributed by atoms with Crippen molar-refractivity contribution in [2.24, 2.45) is 0 Å². The largest absolute Gasteiger partial charge is 0.311 e. The zero-order valence-electron chi connectivity index (χ0n) is 40.0. The van der Waals surface area contributed by atoms with Crippen molar-refractivity contribution in [2.45, 2.75) is 37.5 Å². The molecule has 11 aromatic rings. The molecule has 1 heterocycles. The van der Waals surface area contributed by atoms with Gasteiger partial charge in [-0.05, 0) is 164 Å². The Hall–Kier alpha value is -8.72. The van der Waals surface area contributed by atoms with Gasteiger partial charge in [0, 0.05) is 45.0 Å².